The van der Waals surface area contributed by atoms with Crippen LogP contribution in [0.15, 0.2) is 36.4 Å². The molecule has 3 rings (SSSR count). The molecule has 1 N–H and O–H groups in total. The Kier molecular flexibility index (Phi) is 3.61. The number of carbonyl (C=O) groups excluding carboxylic acids is 1. The van der Waals surface area contributed by atoms with E-state index in [1.165, 1.54) is 0 Å². The van der Waals surface area contributed by atoms with Crippen LogP contribution in [0, 0.1) is 11.3 Å². The fourth-order valence-corrected chi connectivity index (χ4v) is 2.42. The SMILES string of the molecule is N#Cc1ccc(C(=O)OC[C@@H]2CCOc3ccccc32)[nH]1. The summed E-state index contributed by atoms with van der Waals surface area (Å²) < 4.78 is 10.9. The largest absolute Gasteiger partial charge is 0.493 e. The summed E-state index contributed by atoms with van der Waals surface area (Å²) in [7, 11) is 0. The number of nitrogens with zero attached hydrogens (tertiary/aromatic N) is 1. The second kappa shape index (κ2) is 5.71. The summed E-state index contributed by atoms with van der Waals surface area (Å²) in [5, 5.41) is 8.73. The van der Waals surface area contributed by atoms with Crippen molar-refractivity contribution in [2.45, 2.75) is 12.3 Å². The molecule has 2 heterocycles. The van der Waals surface area contributed by atoms with E-state index in [0.29, 0.717) is 24.6 Å². The van der Waals surface area contributed by atoms with Gasteiger partial charge in [-0.25, -0.2) is 4.79 Å². The van der Waals surface area contributed by atoms with Crippen molar-refractivity contribution in [2.24, 2.45) is 0 Å². The number of carbonyl (C=O) groups is 1. The second-order valence-electron chi connectivity index (χ2n) is 4.87. The maximum Gasteiger partial charge on any atom is 0.354 e. The summed E-state index contributed by atoms with van der Waals surface area (Å²) in [6.07, 6.45) is 0.818. The predicted molar refractivity (Wildman–Crippen MR) is 75.1 cm³/mol. The summed E-state index contributed by atoms with van der Waals surface area (Å²) in [5.74, 6) is 0.557. The highest BCUT2D eigenvalue weighted by atomic mass is 16.5. The predicted octanol–water partition coefficient (Wildman–Crippen LogP) is 2.61. The smallest absolute Gasteiger partial charge is 0.354 e. The first-order valence-electron chi connectivity index (χ1n) is 6.76. The lowest BCUT2D eigenvalue weighted by atomic mass is 9.94. The molecule has 1 aromatic carbocycles. The van der Waals surface area contributed by atoms with Gasteiger partial charge in [-0.05, 0) is 24.6 Å². The van der Waals surface area contributed by atoms with Crippen LogP contribution < -0.4 is 4.74 Å². The first kappa shape index (κ1) is 13.3. The van der Waals surface area contributed by atoms with Crippen LogP contribution in [0.3, 0.4) is 0 Å². The van der Waals surface area contributed by atoms with E-state index >= 15 is 0 Å². The number of nitrogens with one attached hydrogen (secondary N) is 1. The van der Waals surface area contributed by atoms with Gasteiger partial charge in [-0.15, -0.1) is 0 Å². The number of rotatable bonds is 3. The summed E-state index contributed by atoms with van der Waals surface area (Å²) in [6, 6.07) is 12.8. The molecular formula is C16H14N2O3. The lowest BCUT2D eigenvalue weighted by Crippen LogP contribution is -2.20. The highest BCUT2D eigenvalue weighted by Crippen LogP contribution is 2.33. The maximum atomic E-state index is 11.9. The van der Waals surface area contributed by atoms with Crippen LogP contribution in [0.5, 0.6) is 5.75 Å². The van der Waals surface area contributed by atoms with E-state index in [1.54, 1.807) is 12.1 Å². The molecule has 1 aliphatic rings. The zero-order valence-electron chi connectivity index (χ0n) is 11.3. The fourth-order valence-electron chi connectivity index (χ4n) is 2.42. The van der Waals surface area contributed by atoms with Gasteiger partial charge in [0, 0.05) is 11.5 Å². The van der Waals surface area contributed by atoms with Crippen LogP contribution in [0.4, 0.5) is 0 Å². The average Bonchev–Trinajstić information content (AvgIpc) is 3.01. The molecule has 0 fully saturated rings. The van der Waals surface area contributed by atoms with Crippen molar-refractivity contribution in [3.05, 3.63) is 53.3 Å². The molecule has 0 aliphatic carbocycles. The molecule has 0 unspecified atom stereocenters. The van der Waals surface area contributed by atoms with Crippen molar-refractivity contribution in [1.29, 1.82) is 5.26 Å². The van der Waals surface area contributed by atoms with Crippen molar-refractivity contribution in [1.82, 2.24) is 4.98 Å². The third-order valence-corrected chi connectivity index (χ3v) is 3.52. The van der Waals surface area contributed by atoms with Gasteiger partial charge in [0.15, 0.2) is 0 Å². The van der Waals surface area contributed by atoms with Gasteiger partial charge in [0.2, 0.25) is 0 Å². The molecule has 0 spiro atoms. The van der Waals surface area contributed by atoms with Crippen LogP contribution in [-0.2, 0) is 4.74 Å². The summed E-state index contributed by atoms with van der Waals surface area (Å²) in [5.41, 5.74) is 1.71. The molecule has 5 nitrogen and oxygen atoms in total. The van der Waals surface area contributed by atoms with E-state index in [4.69, 9.17) is 14.7 Å². The molecule has 2 aromatic rings. The van der Waals surface area contributed by atoms with Gasteiger partial charge in [-0.3, -0.25) is 0 Å². The zero-order chi connectivity index (χ0) is 14.7. The number of ether oxygens (including phenoxy) is 2. The lowest BCUT2D eigenvalue weighted by Gasteiger charge is -2.25. The minimum Gasteiger partial charge on any atom is -0.493 e. The van der Waals surface area contributed by atoms with E-state index in [1.807, 2.05) is 30.3 Å². The Morgan fingerprint density at radius 2 is 2.24 bits per heavy atom. The minimum absolute atomic E-state index is 0.143. The van der Waals surface area contributed by atoms with Crippen molar-refractivity contribution in [2.75, 3.05) is 13.2 Å². The van der Waals surface area contributed by atoms with Crippen molar-refractivity contribution < 1.29 is 14.3 Å². The zero-order valence-corrected chi connectivity index (χ0v) is 11.3. The lowest BCUT2D eigenvalue weighted by molar-refractivity contribution is 0.0453. The number of benzene rings is 1. The molecule has 106 valence electrons. The van der Waals surface area contributed by atoms with E-state index < -0.39 is 5.97 Å². The Hall–Kier alpha value is -2.74. The van der Waals surface area contributed by atoms with Crippen LogP contribution in [0.25, 0.3) is 0 Å². The number of nitriles is 1. The third-order valence-electron chi connectivity index (χ3n) is 3.52. The number of fused-ring (bicyclic) bond motifs is 1. The van der Waals surface area contributed by atoms with E-state index in [9.17, 15) is 4.79 Å². The number of para-hydroxylation sites is 1. The van der Waals surface area contributed by atoms with Gasteiger partial charge in [-0.2, -0.15) is 5.26 Å². The molecule has 0 saturated heterocycles. The summed E-state index contributed by atoms with van der Waals surface area (Å²) >= 11 is 0. The Morgan fingerprint density at radius 1 is 1.38 bits per heavy atom. The van der Waals surface area contributed by atoms with Gasteiger partial charge < -0.3 is 14.5 Å². The Bertz CT molecular complexity index is 700. The summed E-state index contributed by atoms with van der Waals surface area (Å²) in [4.78, 5) is 14.6. The molecule has 0 saturated carbocycles. The molecule has 0 amide bonds. The van der Waals surface area contributed by atoms with Crippen molar-refractivity contribution >= 4 is 5.97 Å². The molecule has 21 heavy (non-hydrogen) atoms. The second-order valence-corrected chi connectivity index (χ2v) is 4.87. The van der Waals surface area contributed by atoms with E-state index in [2.05, 4.69) is 4.98 Å². The van der Waals surface area contributed by atoms with Crippen LogP contribution in [0.2, 0.25) is 0 Å². The van der Waals surface area contributed by atoms with Crippen LogP contribution >= 0.6 is 0 Å². The number of H-pyrrole nitrogens is 1. The molecule has 1 aliphatic heterocycles. The number of aromatic nitrogens is 1. The monoisotopic (exact) mass is 282 g/mol. The molecule has 0 bridgehead atoms. The van der Waals surface area contributed by atoms with Gasteiger partial charge in [0.1, 0.15) is 23.2 Å². The minimum atomic E-state index is -0.444. The number of esters is 1. The third kappa shape index (κ3) is 2.75. The first-order valence-corrected chi connectivity index (χ1v) is 6.76. The molecular weight excluding hydrogens is 268 g/mol. The molecule has 5 heteroatoms. The topological polar surface area (TPSA) is 75.1 Å². The number of aromatic amines is 1. The van der Waals surface area contributed by atoms with E-state index in [0.717, 1.165) is 17.7 Å². The standard InChI is InChI=1S/C16H14N2O3/c17-9-12-5-6-14(18-12)16(19)21-10-11-7-8-20-15-4-2-1-3-13(11)15/h1-6,11,18H,7-8,10H2/t11-/m0/s1. The summed E-state index contributed by atoms with van der Waals surface area (Å²) in [6.45, 7) is 0.931. The number of hydrogen-bond donors (Lipinski definition) is 1. The quantitative estimate of drug-likeness (QED) is 0.878. The fraction of sp³-hybridized carbons (Fsp3) is 0.250. The Morgan fingerprint density at radius 3 is 3.05 bits per heavy atom. The molecule has 1 atom stereocenters. The van der Waals surface area contributed by atoms with Crippen molar-refractivity contribution in [3.63, 3.8) is 0 Å². The van der Waals surface area contributed by atoms with Crippen molar-refractivity contribution in [3.8, 4) is 11.8 Å². The normalized spacial score (nSPS) is 16.4. The van der Waals surface area contributed by atoms with Gasteiger partial charge in [0.05, 0.1) is 13.2 Å². The van der Waals surface area contributed by atoms with E-state index in [-0.39, 0.29) is 5.92 Å². The maximum absolute atomic E-state index is 11.9. The first-order chi connectivity index (χ1) is 10.3. The number of hydrogen-bond acceptors (Lipinski definition) is 4. The Balaban J connectivity index is 1.66. The highest BCUT2D eigenvalue weighted by molar-refractivity contribution is 5.87. The van der Waals surface area contributed by atoms with Gasteiger partial charge >= 0.3 is 5.97 Å². The van der Waals surface area contributed by atoms with Gasteiger partial charge in [-0.1, -0.05) is 18.2 Å². The van der Waals surface area contributed by atoms with Gasteiger partial charge in [0.25, 0.3) is 0 Å². The highest BCUT2D eigenvalue weighted by Gasteiger charge is 2.23. The van der Waals surface area contributed by atoms with Crippen LogP contribution in [-0.4, -0.2) is 24.2 Å². The molecule has 1 aromatic heterocycles. The Labute approximate surface area is 122 Å². The van der Waals surface area contributed by atoms with Crippen LogP contribution in [0.1, 0.15) is 34.1 Å². The average molecular weight is 282 g/mol. The molecule has 0 radical (unpaired) electrons.